The predicted molar refractivity (Wildman–Crippen MR) is 71.6 cm³/mol. The van der Waals surface area contributed by atoms with E-state index in [0.29, 0.717) is 32.5 Å². The van der Waals surface area contributed by atoms with Crippen LogP contribution in [0.2, 0.25) is 0 Å². The van der Waals surface area contributed by atoms with E-state index in [0.717, 1.165) is 32.1 Å². The van der Waals surface area contributed by atoms with Crippen LogP contribution in [0.4, 0.5) is 0 Å². The fourth-order valence-electron chi connectivity index (χ4n) is 2.75. The molecule has 0 bridgehead atoms. The summed E-state index contributed by atoms with van der Waals surface area (Å²) in [5, 5.41) is 17.4. The summed E-state index contributed by atoms with van der Waals surface area (Å²) in [6, 6.07) is 4.11. The normalized spacial score (nSPS) is 17.2. The highest BCUT2D eigenvalue weighted by Crippen LogP contribution is 2.37. The molecule has 5 heteroatoms. The first-order chi connectivity index (χ1) is 9.20. The lowest BCUT2D eigenvalue weighted by molar-refractivity contribution is -0.143. The zero-order valence-electron chi connectivity index (χ0n) is 11.4. The average molecular weight is 262 g/mol. The summed E-state index contributed by atoms with van der Waals surface area (Å²) in [6.45, 7) is 1.17. The minimum atomic E-state index is -0.455. The van der Waals surface area contributed by atoms with Gasteiger partial charge in [-0.1, -0.05) is 19.3 Å². The van der Waals surface area contributed by atoms with Crippen LogP contribution in [0, 0.1) is 28.1 Å². The van der Waals surface area contributed by atoms with Crippen LogP contribution >= 0.6 is 0 Å². The summed E-state index contributed by atoms with van der Waals surface area (Å²) in [7, 11) is 0. The van der Waals surface area contributed by atoms with Gasteiger partial charge in [-0.25, -0.2) is 0 Å². The highest BCUT2D eigenvalue weighted by molar-refractivity contribution is 5.83. The molecule has 5 nitrogen and oxygen atoms in total. The Morgan fingerprint density at radius 1 is 1.11 bits per heavy atom. The summed E-state index contributed by atoms with van der Waals surface area (Å²) in [4.78, 5) is 14.3. The molecular weight excluding hydrogens is 240 g/mol. The van der Waals surface area contributed by atoms with Gasteiger partial charge in [0.05, 0.1) is 30.4 Å². The summed E-state index contributed by atoms with van der Waals surface area (Å²) in [5.74, 6) is 0.0419. The third-order valence-electron chi connectivity index (χ3n) is 3.93. The number of rotatable bonds is 6. The van der Waals surface area contributed by atoms with E-state index < -0.39 is 5.41 Å². The molecule has 0 spiro atoms. The molecule has 0 radical (unpaired) electrons. The van der Waals surface area contributed by atoms with Crippen LogP contribution in [-0.4, -0.2) is 30.4 Å². The Morgan fingerprint density at radius 3 is 2.05 bits per heavy atom. The molecule has 0 aliphatic heterocycles. The maximum atomic E-state index is 12.7. The van der Waals surface area contributed by atoms with Gasteiger partial charge in [0, 0.05) is 19.6 Å². The van der Waals surface area contributed by atoms with Gasteiger partial charge in [0.25, 0.3) is 0 Å². The van der Waals surface area contributed by atoms with E-state index in [-0.39, 0.29) is 5.91 Å². The second-order valence-corrected chi connectivity index (χ2v) is 5.15. The van der Waals surface area contributed by atoms with Gasteiger partial charge in [0.15, 0.2) is 0 Å². The molecule has 104 valence electrons. The van der Waals surface area contributed by atoms with E-state index in [9.17, 15) is 4.79 Å². The van der Waals surface area contributed by atoms with Crippen molar-refractivity contribution in [3.8, 4) is 12.1 Å². The van der Waals surface area contributed by atoms with E-state index in [1.165, 1.54) is 0 Å². The number of amides is 1. The zero-order chi connectivity index (χ0) is 14.1. The van der Waals surface area contributed by atoms with Crippen molar-refractivity contribution in [3.05, 3.63) is 0 Å². The van der Waals surface area contributed by atoms with E-state index in [1.54, 1.807) is 4.90 Å². The molecule has 1 rings (SSSR count). The van der Waals surface area contributed by atoms with Crippen molar-refractivity contribution in [1.29, 1.82) is 10.5 Å². The van der Waals surface area contributed by atoms with Crippen LogP contribution in [0.5, 0.6) is 0 Å². The molecule has 0 unspecified atom stereocenters. The number of nitrogens with two attached hydrogens (primary N) is 1. The minimum absolute atomic E-state index is 0.0419. The molecule has 1 saturated carbocycles. The topological polar surface area (TPSA) is 93.9 Å². The van der Waals surface area contributed by atoms with Gasteiger partial charge in [-0.15, -0.1) is 0 Å². The SMILES string of the molecule is N#CCCN(CCC#N)C(=O)C1(CN)CCCCC1. The average Bonchev–Trinajstić information content (AvgIpc) is 2.47. The lowest BCUT2D eigenvalue weighted by Gasteiger charge is -2.38. The second-order valence-electron chi connectivity index (χ2n) is 5.15. The Hall–Kier alpha value is -1.59. The summed E-state index contributed by atoms with van der Waals surface area (Å²) in [5.41, 5.74) is 5.40. The van der Waals surface area contributed by atoms with Crippen molar-refractivity contribution in [3.63, 3.8) is 0 Å². The van der Waals surface area contributed by atoms with E-state index in [1.807, 2.05) is 0 Å². The van der Waals surface area contributed by atoms with Crippen molar-refractivity contribution in [1.82, 2.24) is 4.90 Å². The molecule has 1 amide bonds. The lowest BCUT2D eigenvalue weighted by atomic mass is 9.73. The first-order valence-electron chi connectivity index (χ1n) is 6.93. The number of carbonyl (C=O) groups excluding carboxylic acids is 1. The second kappa shape index (κ2) is 7.76. The molecule has 19 heavy (non-hydrogen) atoms. The molecular formula is C14H22N4O. The number of hydrogen-bond donors (Lipinski definition) is 1. The van der Waals surface area contributed by atoms with Crippen LogP contribution in [0.15, 0.2) is 0 Å². The summed E-state index contributed by atoms with van der Waals surface area (Å²) in [6.07, 6.45) is 5.50. The first kappa shape index (κ1) is 15.5. The van der Waals surface area contributed by atoms with Crippen molar-refractivity contribution >= 4 is 5.91 Å². The smallest absolute Gasteiger partial charge is 0.230 e. The summed E-state index contributed by atoms with van der Waals surface area (Å²) >= 11 is 0. The number of carbonyl (C=O) groups is 1. The van der Waals surface area contributed by atoms with E-state index in [4.69, 9.17) is 16.3 Å². The predicted octanol–water partition coefficient (Wildman–Crippen LogP) is 1.55. The Balaban J connectivity index is 2.77. The third kappa shape index (κ3) is 3.94. The number of nitriles is 2. The van der Waals surface area contributed by atoms with Crippen LogP contribution in [0.25, 0.3) is 0 Å². The molecule has 1 fully saturated rings. The molecule has 2 N–H and O–H groups in total. The van der Waals surface area contributed by atoms with Crippen LogP contribution in [0.1, 0.15) is 44.9 Å². The van der Waals surface area contributed by atoms with E-state index in [2.05, 4.69) is 12.1 Å². The Kier molecular flexibility index (Phi) is 6.32. The molecule has 0 atom stereocenters. The highest BCUT2D eigenvalue weighted by atomic mass is 16.2. The number of hydrogen-bond acceptors (Lipinski definition) is 4. The maximum absolute atomic E-state index is 12.7. The molecule has 0 aromatic carbocycles. The highest BCUT2D eigenvalue weighted by Gasteiger charge is 2.40. The quantitative estimate of drug-likeness (QED) is 0.785. The van der Waals surface area contributed by atoms with Crippen LogP contribution in [-0.2, 0) is 4.79 Å². The Labute approximate surface area is 115 Å². The van der Waals surface area contributed by atoms with Gasteiger partial charge >= 0.3 is 0 Å². The van der Waals surface area contributed by atoms with Gasteiger partial charge < -0.3 is 10.6 Å². The third-order valence-corrected chi connectivity index (χ3v) is 3.93. The van der Waals surface area contributed by atoms with Crippen molar-refractivity contribution < 1.29 is 4.79 Å². The van der Waals surface area contributed by atoms with Crippen molar-refractivity contribution in [2.45, 2.75) is 44.9 Å². The monoisotopic (exact) mass is 262 g/mol. The van der Waals surface area contributed by atoms with Crippen LogP contribution < -0.4 is 5.73 Å². The zero-order valence-corrected chi connectivity index (χ0v) is 11.4. The molecule has 1 aliphatic carbocycles. The van der Waals surface area contributed by atoms with Gasteiger partial charge in [-0.05, 0) is 12.8 Å². The molecule has 0 aromatic rings. The van der Waals surface area contributed by atoms with Crippen LogP contribution in [0.3, 0.4) is 0 Å². The fraction of sp³-hybridized carbons (Fsp3) is 0.786. The molecule has 0 heterocycles. The minimum Gasteiger partial charge on any atom is -0.340 e. The van der Waals surface area contributed by atoms with E-state index >= 15 is 0 Å². The van der Waals surface area contributed by atoms with Crippen molar-refractivity contribution in [2.24, 2.45) is 11.1 Å². The van der Waals surface area contributed by atoms with Gasteiger partial charge in [0.1, 0.15) is 0 Å². The van der Waals surface area contributed by atoms with Gasteiger partial charge in [-0.2, -0.15) is 10.5 Å². The Morgan fingerprint density at radius 2 is 1.63 bits per heavy atom. The summed E-state index contributed by atoms with van der Waals surface area (Å²) < 4.78 is 0. The molecule has 0 saturated heterocycles. The van der Waals surface area contributed by atoms with Gasteiger partial charge in [0.2, 0.25) is 5.91 Å². The van der Waals surface area contributed by atoms with Crippen molar-refractivity contribution in [2.75, 3.05) is 19.6 Å². The number of nitrogens with zero attached hydrogens (tertiary/aromatic N) is 3. The standard InChI is InChI=1S/C14H22N4O/c15-8-4-10-18(11-5-9-16)13(19)14(12-17)6-2-1-3-7-14/h1-7,10-12,17H2. The maximum Gasteiger partial charge on any atom is 0.230 e. The van der Waals surface area contributed by atoms with Gasteiger partial charge in [-0.3, -0.25) is 4.79 Å². The largest absolute Gasteiger partial charge is 0.340 e. The fourth-order valence-corrected chi connectivity index (χ4v) is 2.75. The first-order valence-corrected chi connectivity index (χ1v) is 6.93. The lowest BCUT2D eigenvalue weighted by Crippen LogP contribution is -2.49. The molecule has 0 aromatic heterocycles. The Bertz CT molecular complexity index is 356. The molecule has 1 aliphatic rings.